The number of pyridine rings is 1. The minimum absolute atomic E-state index is 0.0504. The first-order valence-electron chi connectivity index (χ1n) is 7.73. The lowest BCUT2D eigenvalue weighted by atomic mass is 10.1. The lowest BCUT2D eigenvalue weighted by Gasteiger charge is -2.12. The van der Waals surface area contributed by atoms with Gasteiger partial charge in [-0.2, -0.15) is 0 Å². The Morgan fingerprint density at radius 3 is 2.81 bits per heavy atom. The van der Waals surface area contributed by atoms with Crippen LogP contribution in [0.25, 0.3) is 17.1 Å². The van der Waals surface area contributed by atoms with E-state index in [1.807, 2.05) is 0 Å². The molecule has 0 saturated carbocycles. The van der Waals surface area contributed by atoms with Crippen LogP contribution >= 0.6 is 0 Å². The number of hydrogen-bond donors (Lipinski definition) is 1. The number of hydrogen-bond acceptors (Lipinski definition) is 4. The molecule has 26 heavy (non-hydrogen) atoms. The Morgan fingerprint density at radius 2 is 2.12 bits per heavy atom. The zero-order chi connectivity index (χ0) is 18.8. The van der Waals surface area contributed by atoms with Gasteiger partial charge in [0.25, 0.3) is 12.0 Å². The summed E-state index contributed by atoms with van der Waals surface area (Å²) in [4.78, 5) is 20.4. The van der Waals surface area contributed by atoms with Gasteiger partial charge in [-0.1, -0.05) is 24.8 Å². The van der Waals surface area contributed by atoms with Gasteiger partial charge in [0.1, 0.15) is 17.5 Å². The van der Waals surface area contributed by atoms with E-state index in [0.717, 1.165) is 6.07 Å². The number of fused-ring (bicyclic) bond motifs is 1. The summed E-state index contributed by atoms with van der Waals surface area (Å²) in [6.45, 7) is 5.16. The monoisotopic (exact) mass is 360 g/mol. The van der Waals surface area contributed by atoms with Gasteiger partial charge in [0.2, 0.25) is 0 Å². The van der Waals surface area contributed by atoms with Gasteiger partial charge in [0, 0.05) is 30.6 Å². The molecule has 0 atom stereocenters. The van der Waals surface area contributed by atoms with Crippen molar-refractivity contribution in [1.82, 2.24) is 14.5 Å². The molecule has 1 N–H and O–H groups in total. The second-order valence-electron chi connectivity index (χ2n) is 5.59. The third-order valence-corrected chi connectivity index (χ3v) is 3.86. The van der Waals surface area contributed by atoms with Crippen molar-refractivity contribution in [3.63, 3.8) is 0 Å². The van der Waals surface area contributed by atoms with E-state index in [2.05, 4.69) is 21.9 Å². The van der Waals surface area contributed by atoms with Crippen LogP contribution in [0.4, 0.5) is 19.0 Å². The highest BCUT2D eigenvalue weighted by molar-refractivity contribution is 5.88. The lowest BCUT2D eigenvalue weighted by Crippen LogP contribution is -2.15. The summed E-state index contributed by atoms with van der Waals surface area (Å²) in [6, 6.07) is 5.19. The number of rotatable bonds is 5. The average molecular weight is 360 g/mol. The van der Waals surface area contributed by atoms with Gasteiger partial charge in [-0.15, -0.1) is 0 Å². The number of aromatic nitrogens is 3. The molecule has 1 aromatic carbocycles. The Bertz CT molecular complexity index is 1050. The Hall–Kier alpha value is -3.16. The molecular weight excluding hydrogens is 345 g/mol. The zero-order valence-electron chi connectivity index (χ0n) is 13.8. The average Bonchev–Trinajstić information content (AvgIpc) is 2.59. The van der Waals surface area contributed by atoms with Crippen LogP contribution in [0.5, 0.6) is 0 Å². The summed E-state index contributed by atoms with van der Waals surface area (Å²) in [6.07, 6.45) is -0.0330. The summed E-state index contributed by atoms with van der Waals surface area (Å²) in [5.41, 5.74) is -0.435. The minimum atomic E-state index is -2.89. The molecule has 0 unspecified atom stereocenters. The maximum Gasteiger partial charge on any atom is 0.266 e. The SMILES string of the molecule is C=Cn1cc2c(NCc3cccc(C(F)F)c3F)nc(C)nc2cc1=O. The fourth-order valence-electron chi connectivity index (χ4n) is 2.60. The smallest absolute Gasteiger partial charge is 0.266 e. The maximum atomic E-state index is 14.2. The van der Waals surface area contributed by atoms with Gasteiger partial charge < -0.3 is 5.32 Å². The first-order chi connectivity index (χ1) is 12.4. The van der Waals surface area contributed by atoms with Gasteiger partial charge in [-0.25, -0.2) is 23.1 Å². The van der Waals surface area contributed by atoms with Crippen molar-refractivity contribution in [2.75, 3.05) is 5.32 Å². The third-order valence-electron chi connectivity index (χ3n) is 3.86. The van der Waals surface area contributed by atoms with Crippen molar-refractivity contribution >= 4 is 22.9 Å². The van der Waals surface area contributed by atoms with Crippen molar-refractivity contribution < 1.29 is 13.2 Å². The number of nitrogens with one attached hydrogen (secondary N) is 1. The number of alkyl halides is 2. The largest absolute Gasteiger partial charge is 0.365 e. The van der Waals surface area contributed by atoms with Crippen molar-refractivity contribution in [3.05, 3.63) is 70.2 Å². The fourth-order valence-corrected chi connectivity index (χ4v) is 2.60. The molecule has 3 aromatic rings. The van der Waals surface area contributed by atoms with E-state index >= 15 is 0 Å². The van der Waals surface area contributed by atoms with Crippen LogP contribution in [0.3, 0.4) is 0 Å². The summed E-state index contributed by atoms with van der Waals surface area (Å²) >= 11 is 0. The number of anilines is 1. The fraction of sp³-hybridized carbons (Fsp3) is 0.167. The third kappa shape index (κ3) is 3.30. The molecule has 0 bridgehead atoms. The molecule has 0 radical (unpaired) electrons. The van der Waals surface area contributed by atoms with Gasteiger partial charge in [-0.05, 0) is 6.92 Å². The highest BCUT2D eigenvalue weighted by atomic mass is 19.3. The summed E-state index contributed by atoms with van der Waals surface area (Å²) in [5, 5.41) is 3.47. The van der Waals surface area contributed by atoms with E-state index in [0.29, 0.717) is 22.5 Å². The molecular formula is C18H15F3N4O. The summed E-state index contributed by atoms with van der Waals surface area (Å²) < 4.78 is 41.1. The Labute approximate surface area is 146 Å². The quantitative estimate of drug-likeness (QED) is 0.750. The highest BCUT2D eigenvalue weighted by Crippen LogP contribution is 2.25. The van der Waals surface area contributed by atoms with Crippen LogP contribution < -0.4 is 10.9 Å². The standard InChI is InChI=1S/C18H15F3N4O/c1-3-25-9-13-14(7-15(25)26)23-10(2)24-18(13)22-8-11-5-4-6-12(16(11)19)17(20)21/h3-7,9,17H,1,8H2,2H3,(H,22,23,24). The molecule has 3 rings (SSSR count). The highest BCUT2D eigenvalue weighted by Gasteiger charge is 2.16. The number of benzene rings is 1. The molecule has 2 heterocycles. The Kier molecular flexibility index (Phi) is 4.75. The minimum Gasteiger partial charge on any atom is -0.365 e. The second kappa shape index (κ2) is 6.99. The number of aryl methyl sites for hydroxylation is 1. The van der Waals surface area contributed by atoms with Crippen molar-refractivity contribution in [2.24, 2.45) is 0 Å². The summed E-state index contributed by atoms with van der Waals surface area (Å²) in [7, 11) is 0. The van der Waals surface area contributed by atoms with Crippen molar-refractivity contribution in [3.8, 4) is 0 Å². The Morgan fingerprint density at radius 1 is 1.35 bits per heavy atom. The van der Waals surface area contributed by atoms with Crippen molar-refractivity contribution in [1.29, 1.82) is 0 Å². The lowest BCUT2D eigenvalue weighted by molar-refractivity contribution is 0.146. The van der Waals surface area contributed by atoms with E-state index in [1.54, 1.807) is 6.92 Å². The van der Waals surface area contributed by atoms with E-state index < -0.39 is 17.8 Å². The zero-order valence-corrected chi connectivity index (χ0v) is 13.8. The van der Waals surface area contributed by atoms with E-state index in [4.69, 9.17) is 0 Å². The van der Waals surface area contributed by atoms with E-state index in [1.165, 1.54) is 35.2 Å². The molecule has 0 fully saturated rings. The van der Waals surface area contributed by atoms with Gasteiger partial charge in [-0.3, -0.25) is 9.36 Å². The van der Waals surface area contributed by atoms with Crippen molar-refractivity contribution in [2.45, 2.75) is 19.9 Å². The van der Waals surface area contributed by atoms with Crippen LogP contribution in [0, 0.1) is 12.7 Å². The predicted octanol–water partition coefficient (Wildman–Crippen LogP) is 3.89. The first-order valence-corrected chi connectivity index (χ1v) is 7.73. The van der Waals surface area contributed by atoms with Crippen LogP contribution in [0.1, 0.15) is 23.4 Å². The van der Waals surface area contributed by atoms with Gasteiger partial charge >= 0.3 is 0 Å². The first kappa shape index (κ1) is 17.7. The van der Waals surface area contributed by atoms with Gasteiger partial charge in [0.15, 0.2) is 0 Å². The molecule has 0 aliphatic heterocycles. The molecule has 5 nitrogen and oxygen atoms in total. The van der Waals surface area contributed by atoms with Crippen LogP contribution in [-0.2, 0) is 6.54 Å². The molecule has 0 saturated heterocycles. The van der Waals surface area contributed by atoms with E-state index in [9.17, 15) is 18.0 Å². The molecule has 134 valence electrons. The van der Waals surface area contributed by atoms with Crippen LogP contribution in [0.2, 0.25) is 0 Å². The van der Waals surface area contributed by atoms with Gasteiger partial charge in [0.05, 0.1) is 16.5 Å². The molecule has 0 aliphatic carbocycles. The number of halogens is 3. The topological polar surface area (TPSA) is 59.8 Å². The van der Waals surface area contributed by atoms with E-state index in [-0.39, 0.29) is 17.7 Å². The normalized spacial score (nSPS) is 11.1. The molecule has 2 aromatic heterocycles. The van der Waals surface area contributed by atoms with Crippen LogP contribution in [0.15, 0.2) is 41.8 Å². The maximum absolute atomic E-state index is 14.2. The molecule has 0 aliphatic rings. The summed E-state index contributed by atoms with van der Waals surface area (Å²) in [5.74, 6) is -0.171. The predicted molar refractivity (Wildman–Crippen MR) is 93.6 cm³/mol. The van der Waals surface area contributed by atoms with Crippen LogP contribution in [-0.4, -0.2) is 14.5 Å². The Balaban J connectivity index is 2.00. The molecule has 0 amide bonds. The number of nitrogens with zero attached hydrogens (tertiary/aromatic N) is 3. The second-order valence-corrected chi connectivity index (χ2v) is 5.59. The molecule has 8 heteroatoms. The molecule has 0 spiro atoms.